The van der Waals surface area contributed by atoms with Gasteiger partial charge in [0.1, 0.15) is 0 Å². The lowest BCUT2D eigenvalue weighted by Crippen LogP contribution is -2.47. The molecule has 2 aliphatic rings. The summed E-state index contributed by atoms with van der Waals surface area (Å²) in [6.45, 7) is 15.2. The zero-order valence-corrected chi connectivity index (χ0v) is 17.9. The average molecular weight is 375 g/mol. The van der Waals surface area contributed by atoms with Crippen molar-refractivity contribution in [2.45, 2.75) is 53.4 Å². The molecule has 0 amide bonds. The second-order valence-electron chi connectivity index (χ2n) is 9.06. The van der Waals surface area contributed by atoms with Gasteiger partial charge in [-0.15, -0.1) is 10.2 Å². The lowest BCUT2D eigenvalue weighted by atomic mass is 9.69. The number of allylic oxidation sites excluding steroid dienone is 1. The Bertz CT molecular complexity index is 616. The van der Waals surface area contributed by atoms with Gasteiger partial charge in [0, 0.05) is 45.6 Å². The van der Waals surface area contributed by atoms with Crippen LogP contribution in [0.1, 0.15) is 52.3 Å². The molecule has 27 heavy (non-hydrogen) atoms. The van der Waals surface area contributed by atoms with Crippen LogP contribution in [0.2, 0.25) is 0 Å². The monoisotopic (exact) mass is 374 g/mol. The van der Waals surface area contributed by atoms with Crippen LogP contribution in [0.15, 0.2) is 16.1 Å². The highest BCUT2D eigenvalue weighted by atomic mass is 16.4. The maximum Gasteiger partial charge on any atom is 0.217 e. The van der Waals surface area contributed by atoms with Crippen molar-refractivity contribution in [1.29, 1.82) is 0 Å². The molecule has 1 aliphatic heterocycles. The minimum Gasteiger partial charge on any atom is -0.425 e. The van der Waals surface area contributed by atoms with Crippen LogP contribution in [0.25, 0.3) is 0 Å². The van der Waals surface area contributed by atoms with Crippen molar-refractivity contribution >= 4 is 0 Å². The number of aryl methyl sites for hydroxylation is 1. The first-order chi connectivity index (χ1) is 13.0. The smallest absolute Gasteiger partial charge is 0.217 e. The van der Waals surface area contributed by atoms with E-state index in [1.54, 1.807) is 0 Å². The molecule has 2 heterocycles. The van der Waals surface area contributed by atoms with Gasteiger partial charge >= 0.3 is 0 Å². The number of piperazine rings is 1. The Morgan fingerprint density at radius 3 is 2.52 bits per heavy atom. The molecule has 5 nitrogen and oxygen atoms in total. The predicted octanol–water partition coefficient (Wildman–Crippen LogP) is 3.67. The van der Waals surface area contributed by atoms with Gasteiger partial charge in [-0.05, 0) is 50.5 Å². The Morgan fingerprint density at radius 2 is 1.85 bits per heavy atom. The molecule has 1 aliphatic carbocycles. The number of aromatic nitrogens is 2. The highest BCUT2D eigenvalue weighted by Gasteiger charge is 2.33. The van der Waals surface area contributed by atoms with Crippen molar-refractivity contribution in [3.8, 4) is 0 Å². The molecule has 1 aromatic heterocycles. The van der Waals surface area contributed by atoms with Gasteiger partial charge in [-0.1, -0.05) is 32.4 Å². The molecule has 0 unspecified atom stereocenters. The molecule has 3 atom stereocenters. The lowest BCUT2D eigenvalue weighted by Gasteiger charge is -2.41. The van der Waals surface area contributed by atoms with Gasteiger partial charge < -0.3 is 14.2 Å². The van der Waals surface area contributed by atoms with E-state index >= 15 is 0 Å². The van der Waals surface area contributed by atoms with Gasteiger partial charge in [0.05, 0.1) is 0 Å². The molecule has 5 heteroatoms. The van der Waals surface area contributed by atoms with Crippen LogP contribution in [0, 0.1) is 23.7 Å². The number of hydrogen-bond acceptors (Lipinski definition) is 5. The zero-order chi connectivity index (χ0) is 19.4. The standard InChI is InChI=1S/C22H38N4O/c1-6-7-21-23-24-22(27-21)14-18-13-20(16(2)3)19(12-17(18)4)15-26-10-8-25(5)9-11-26/h12,16,18-20H,6-11,13-15H2,1-5H3/t18-,19-,20-/m0/s1. The highest BCUT2D eigenvalue weighted by molar-refractivity contribution is 5.14. The molecule has 1 saturated heterocycles. The summed E-state index contributed by atoms with van der Waals surface area (Å²) in [5, 5.41) is 8.50. The van der Waals surface area contributed by atoms with Crippen molar-refractivity contribution in [1.82, 2.24) is 20.0 Å². The van der Waals surface area contributed by atoms with Crippen molar-refractivity contribution in [3.63, 3.8) is 0 Å². The summed E-state index contributed by atoms with van der Waals surface area (Å²) < 4.78 is 5.87. The second kappa shape index (κ2) is 9.33. The van der Waals surface area contributed by atoms with E-state index in [1.165, 1.54) is 44.7 Å². The number of nitrogens with zero attached hydrogens (tertiary/aromatic N) is 4. The maximum atomic E-state index is 5.87. The fourth-order valence-corrected chi connectivity index (χ4v) is 4.71. The number of hydrogen-bond donors (Lipinski definition) is 0. The van der Waals surface area contributed by atoms with Crippen LogP contribution >= 0.6 is 0 Å². The minimum atomic E-state index is 0.538. The van der Waals surface area contributed by atoms with E-state index in [0.29, 0.717) is 17.8 Å². The van der Waals surface area contributed by atoms with E-state index < -0.39 is 0 Å². The Morgan fingerprint density at radius 1 is 1.15 bits per heavy atom. The van der Waals surface area contributed by atoms with Gasteiger partial charge in [0.2, 0.25) is 11.8 Å². The molecule has 0 radical (unpaired) electrons. The third kappa shape index (κ3) is 5.41. The molecule has 0 saturated carbocycles. The summed E-state index contributed by atoms with van der Waals surface area (Å²) >= 11 is 0. The van der Waals surface area contributed by atoms with E-state index in [0.717, 1.165) is 37.0 Å². The van der Waals surface area contributed by atoms with Crippen molar-refractivity contribution in [2.75, 3.05) is 39.8 Å². The summed E-state index contributed by atoms with van der Waals surface area (Å²) in [5.41, 5.74) is 1.52. The first kappa shape index (κ1) is 20.5. The van der Waals surface area contributed by atoms with Crippen LogP contribution in [0.3, 0.4) is 0 Å². The molecule has 152 valence electrons. The quantitative estimate of drug-likeness (QED) is 0.682. The maximum absolute atomic E-state index is 5.87. The summed E-state index contributed by atoms with van der Waals surface area (Å²) in [4.78, 5) is 5.10. The van der Waals surface area contributed by atoms with E-state index in [1.807, 2.05) is 0 Å². The molecule has 3 rings (SSSR count). The molecular formula is C22H38N4O. The Balaban J connectivity index is 1.65. The van der Waals surface area contributed by atoms with Gasteiger partial charge in [0.25, 0.3) is 0 Å². The highest BCUT2D eigenvalue weighted by Crippen LogP contribution is 2.39. The van der Waals surface area contributed by atoms with E-state index in [2.05, 4.69) is 60.8 Å². The third-order valence-corrected chi connectivity index (χ3v) is 6.54. The van der Waals surface area contributed by atoms with Crippen LogP contribution in [-0.4, -0.2) is 59.8 Å². The predicted molar refractivity (Wildman–Crippen MR) is 110 cm³/mol. The first-order valence-corrected chi connectivity index (χ1v) is 10.9. The normalized spacial score (nSPS) is 27.9. The largest absolute Gasteiger partial charge is 0.425 e. The fourth-order valence-electron chi connectivity index (χ4n) is 4.71. The van der Waals surface area contributed by atoms with Crippen LogP contribution < -0.4 is 0 Å². The van der Waals surface area contributed by atoms with E-state index in [9.17, 15) is 0 Å². The average Bonchev–Trinajstić information content (AvgIpc) is 3.06. The Labute approximate surface area is 165 Å². The van der Waals surface area contributed by atoms with Crippen LogP contribution in [0.5, 0.6) is 0 Å². The van der Waals surface area contributed by atoms with E-state index in [4.69, 9.17) is 4.42 Å². The van der Waals surface area contributed by atoms with Crippen molar-refractivity contribution < 1.29 is 4.42 Å². The third-order valence-electron chi connectivity index (χ3n) is 6.54. The summed E-state index contributed by atoms with van der Waals surface area (Å²) in [7, 11) is 2.23. The first-order valence-electron chi connectivity index (χ1n) is 10.9. The van der Waals surface area contributed by atoms with Crippen LogP contribution in [0.4, 0.5) is 0 Å². The SMILES string of the molecule is CCCc1nnc(C[C@@H]2C[C@@H](C(C)C)[C@H](CN3CCN(C)CC3)C=C2C)o1. The molecule has 0 bridgehead atoms. The molecule has 1 fully saturated rings. The van der Waals surface area contributed by atoms with Gasteiger partial charge in [-0.2, -0.15) is 0 Å². The number of likely N-dealkylation sites (N-methyl/N-ethyl adjacent to an activating group) is 1. The minimum absolute atomic E-state index is 0.538. The summed E-state index contributed by atoms with van der Waals surface area (Å²) in [6.07, 6.45) is 6.63. The van der Waals surface area contributed by atoms with Gasteiger partial charge in [0.15, 0.2) is 0 Å². The zero-order valence-electron chi connectivity index (χ0n) is 17.9. The Kier molecular flexibility index (Phi) is 7.10. The van der Waals surface area contributed by atoms with Gasteiger partial charge in [-0.3, -0.25) is 0 Å². The van der Waals surface area contributed by atoms with Gasteiger partial charge in [-0.25, -0.2) is 0 Å². The van der Waals surface area contributed by atoms with Crippen molar-refractivity contribution in [3.05, 3.63) is 23.4 Å². The molecule has 0 spiro atoms. The summed E-state index contributed by atoms with van der Waals surface area (Å²) in [6, 6.07) is 0. The molecule has 1 aromatic rings. The topological polar surface area (TPSA) is 45.4 Å². The van der Waals surface area contributed by atoms with Crippen LogP contribution in [-0.2, 0) is 12.8 Å². The Hall–Kier alpha value is -1.20. The lowest BCUT2D eigenvalue weighted by molar-refractivity contribution is 0.112. The molecule has 0 N–H and O–H groups in total. The molecule has 0 aromatic carbocycles. The fraction of sp³-hybridized carbons (Fsp3) is 0.818. The summed E-state index contributed by atoms with van der Waals surface area (Å²) in [5.74, 6) is 4.25. The second-order valence-corrected chi connectivity index (χ2v) is 9.06. The molecular weight excluding hydrogens is 336 g/mol. The van der Waals surface area contributed by atoms with Crippen molar-refractivity contribution in [2.24, 2.45) is 23.7 Å². The van der Waals surface area contributed by atoms with E-state index in [-0.39, 0.29) is 0 Å². The number of rotatable bonds is 7.